The van der Waals surface area contributed by atoms with Crippen molar-refractivity contribution in [3.05, 3.63) is 59.4 Å². The lowest BCUT2D eigenvalue weighted by Crippen LogP contribution is -2.15. The summed E-state index contributed by atoms with van der Waals surface area (Å²) < 4.78 is 20.0. The zero-order chi connectivity index (χ0) is 21.9. The van der Waals surface area contributed by atoms with Crippen LogP contribution in [0.5, 0.6) is 5.88 Å². The Morgan fingerprint density at radius 1 is 1.30 bits per heavy atom. The first-order valence-corrected chi connectivity index (χ1v) is 9.95. The minimum absolute atomic E-state index is 0.103. The van der Waals surface area contributed by atoms with Gasteiger partial charge in [-0.3, -0.25) is 4.79 Å². The molecule has 0 spiro atoms. The van der Waals surface area contributed by atoms with E-state index >= 15 is 0 Å². The van der Waals surface area contributed by atoms with Crippen molar-refractivity contribution in [2.75, 3.05) is 18.5 Å². The summed E-state index contributed by atoms with van der Waals surface area (Å²) in [4.78, 5) is 16.7. The van der Waals surface area contributed by atoms with E-state index in [0.29, 0.717) is 27.1 Å². The van der Waals surface area contributed by atoms with Crippen LogP contribution in [0.25, 0.3) is 10.4 Å². The fourth-order valence-electron chi connectivity index (χ4n) is 2.73. The van der Waals surface area contributed by atoms with E-state index in [1.807, 2.05) is 0 Å². The molecule has 1 aromatic carbocycles. The standard InChI is InChI=1S/C21H22FN3O4S/c1-21(2,28)12-6-7-13(15(22)10-12)16-11-14(19(23)27)20(30-16)25-17-4-3-5-18(24-17)29-9-8-26/h3-7,10-11,26,28H,8-9H2,1-2H3,(H2,23,27)(H,24,25). The number of primary amides is 1. The Hall–Kier alpha value is -3.01. The maximum Gasteiger partial charge on any atom is 0.251 e. The molecular formula is C21H22FN3O4S. The SMILES string of the molecule is CC(C)(O)c1ccc(-c2cc(C(N)=O)c(Nc3cccc(OCCO)n3)s2)c(F)c1. The minimum Gasteiger partial charge on any atom is -0.475 e. The van der Waals surface area contributed by atoms with Crippen LogP contribution in [0.15, 0.2) is 42.5 Å². The fraction of sp³-hybridized carbons (Fsp3) is 0.238. The number of carbonyl (C=O) groups is 1. The highest BCUT2D eigenvalue weighted by molar-refractivity contribution is 7.19. The minimum atomic E-state index is -1.17. The molecule has 0 aliphatic carbocycles. The van der Waals surface area contributed by atoms with E-state index in [1.165, 1.54) is 12.1 Å². The van der Waals surface area contributed by atoms with Crippen LogP contribution >= 0.6 is 11.3 Å². The fourth-order valence-corrected chi connectivity index (χ4v) is 3.82. The van der Waals surface area contributed by atoms with Gasteiger partial charge in [0.2, 0.25) is 5.88 Å². The third-order valence-corrected chi connectivity index (χ3v) is 5.33. The van der Waals surface area contributed by atoms with E-state index in [2.05, 4.69) is 10.3 Å². The number of nitrogens with zero attached hydrogens (tertiary/aromatic N) is 1. The maximum atomic E-state index is 14.7. The zero-order valence-corrected chi connectivity index (χ0v) is 17.3. The maximum absolute atomic E-state index is 14.7. The number of amides is 1. The number of nitrogens with two attached hydrogens (primary N) is 1. The highest BCUT2D eigenvalue weighted by Gasteiger charge is 2.21. The number of thiophene rings is 1. The Balaban J connectivity index is 1.94. The van der Waals surface area contributed by atoms with E-state index in [-0.39, 0.29) is 24.3 Å². The summed E-state index contributed by atoms with van der Waals surface area (Å²) in [5, 5.41) is 22.4. The van der Waals surface area contributed by atoms with Gasteiger partial charge in [-0.1, -0.05) is 18.2 Å². The smallest absolute Gasteiger partial charge is 0.251 e. The molecule has 0 aliphatic rings. The van der Waals surface area contributed by atoms with E-state index < -0.39 is 17.3 Å². The predicted octanol–water partition coefficient (Wildman–Crippen LogP) is 3.39. The molecule has 5 N–H and O–H groups in total. The van der Waals surface area contributed by atoms with E-state index in [1.54, 1.807) is 44.2 Å². The molecular weight excluding hydrogens is 409 g/mol. The van der Waals surface area contributed by atoms with Crippen LogP contribution in [0, 0.1) is 5.82 Å². The summed E-state index contributed by atoms with van der Waals surface area (Å²) in [5.74, 6) is -0.476. The Bertz CT molecular complexity index is 1060. The van der Waals surface area contributed by atoms with Crippen LogP contribution in [-0.2, 0) is 5.60 Å². The molecule has 3 aromatic rings. The normalized spacial score (nSPS) is 11.4. The van der Waals surface area contributed by atoms with Gasteiger partial charge in [0.25, 0.3) is 5.91 Å². The van der Waals surface area contributed by atoms with Crippen LogP contribution in [-0.4, -0.2) is 34.3 Å². The van der Waals surface area contributed by atoms with Gasteiger partial charge in [-0.25, -0.2) is 4.39 Å². The van der Waals surface area contributed by atoms with Gasteiger partial charge in [0, 0.05) is 16.5 Å². The topological polar surface area (TPSA) is 118 Å². The Kier molecular flexibility index (Phi) is 6.35. The monoisotopic (exact) mass is 431 g/mol. The van der Waals surface area contributed by atoms with Crippen molar-refractivity contribution in [3.63, 3.8) is 0 Å². The Morgan fingerprint density at radius 3 is 2.70 bits per heavy atom. The van der Waals surface area contributed by atoms with Crippen LogP contribution in [0.4, 0.5) is 15.2 Å². The third-order valence-electron chi connectivity index (χ3n) is 4.24. The van der Waals surface area contributed by atoms with Crippen molar-refractivity contribution in [3.8, 4) is 16.3 Å². The molecule has 0 radical (unpaired) electrons. The molecule has 0 aliphatic heterocycles. The number of aliphatic hydroxyl groups excluding tert-OH is 1. The van der Waals surface area contributed by atoms with Gasteiger partial charge < -0.3 is 26.0 Å². The lowest BCUT2D eigenvalue weighted by Gasteiger charge is -2.18. The van der Waals surface area contributed by atoms with E-state index in [4.69, 9.17) is 15.6 Å². The first-order valence-electron chi connectivity index (χ1n) is 9.13. The highest BCUT2D eigenvalue weighted by atomic mass is 32.1. The number of pyridine rings is 1. The first-order chi connectivity index (χ1) is 14.2. The van der Waals surface area contributed by atoms with Crippen LogP contribution in [0.1, 0.15) is 29.8 Å². The number of hydrogen-bond donors (Lipinski definition) is 4. The van der Waals surface area contributed by atoms with Crippen molar-refractivity contribution >= 4 is 28.1 Å². The predicted molar refractivity (Wildman–Crippen MR) is 114 cm³/mol. The second-order valence-corrected chi connectivity index (χ2v) is 8.08. The molecule has 0 unspecified atom stereocenters. The van der Waals surface area contributed by atoms with Gasteiger partial charge in [-0.2, -0.15) is 4.98 Å². The molecule has 30 heavy (non-hydrogen) atoms. The molecule has 0 bridgehead atoms. The summed E-state index contributed by atoms with van der Waals surface area (Å²) in [6.45, 7) is 3.11. The summed E-state index contributed by atoms with van der Waals surface area (Å²) in [6, 6.07) is 11.0. The number of hydrogen-bond acceptors (Lipinski definition) is 7. The number of halogens is 1. The first kappa shape index (κ1) is 21.7. The molecule has 7 nitrogen and oxygen atoms in total. The van der Waals surface area contributed by atoms with Crippen molar-refractivity contribution < 1.29 is 24.1 Å². The molecule has 9 heteroatoms. The number of rotatable bonds is 8. The Morgan fingerprint density at radius 2 is 2.07 bits per heavy atom. The largest absolute Gasteiger partial charge is 0.475 e. The summed E-state index contributed by atoms with van der Waals surface area (Å²) >= 11 is 1.15. The quantitative estimate of drug-likeness (QED) is 0.434. The van der Waals surface area contributed by atoms with Crippen molar-refractivity contribution in [1.82, 2.24) is 4.98 Å². The van der Waals surface area contributed by atoms with Crippen LogP contribution in [0.3, 0.4) is 0 Å². The van der Waals surface area contributed by atoms with Crippen LogP contribution < -0.4 is 15.8 Å². The number of benzene rings is 1. The number of anilines is 2. The summed E-state index contributed by atoms with van der Waals surface area (Å²) in [5.41, 5.74) is 5.26. The average Bonchev–Trinajstić information content (AvgIpc) is 3.09. The Labute approximate surface area is 177 Å². The second-order valence-electron chi connectivity index (χ2n) is 7.03. The van der Waals surface area contributed by atoms with E-state index in [9.17, 15) is 14.3 Å². The average molecular weight is 431 g/mol. The molecule has 2 aromatic heterocycles. The number of ether oxygens (including phenoxy) is 1. The summed E-state index contributed by atoms with van der Waals surface area (Å²) in [6.07, 6.45) is 0. The molecule has 0 saturated carbocycles. The number of nitrogens with one attached hydrogen (secondary N) is 1. The lowest BCUT2D eigenvalue weighted by molar-refractivity contribution is 0.0782. The molecule has 0 saturated heterocycles. The van der Waals surface area contributed by atoms with Crippen molar-refractivity contribution in [2.45, 2.75) is 19.4 Å². The van der Waals surface area contributed by atoms with Gasteiger partial charge in [0.15, 0.2) is 0 Å². The number of aliphatic hydroxyl groups is 2. The zero-order valence-electron chi connectivity index (χ0n) is 16.5. The molecule has 0 fully saturated rings. The van der Waals surface area contributed by atoms with Gasteiger partial charge >= 0.3 is 0 Å². The van der Waals surface area contributed by atoms with Crippen molar-refractivity contribution in [2.24, 2.45) is 5.73 Å². The number of aromatic nitrogens is 1. The number of carbonyl (C=O) groups excluding carboxylic acids is 1. The molecule has 158 valence electrons. The lowest BCUT2D eigenvalue weighted by atomic mass is 9.96. The van der Waals surface area contributed by atoms with Crippen molar-refractivity contribution in [1.29, 1.82) is 0 Å². The third kappa shape index (κ3) is 4.93. The van der Waals surface area contributed by atoms with E-state index in [0.717, 1.165) is 11.3 Å². The molecule has 0 atom stereocenters. The van der Waals surface area contributed by atoms with Gasteiger partial charge in [-0.15, -0.1) is 11.3 Å². The molecule has 1 amide bonds. The molecule has 3 rings (SSSR count). The summed E-state index contributed by atoms with van der Waals surface area (Å²) in [7, 11) is 0. The van der Waals surface area contributed by atoms with Gasteiger partial charge in [-0.05, 0) is 37.6 Å². The second kappa shape index (κ2) is 8.78. The van der Waals surface area contributed by atoms with Crippen LogP contribution in [0.2, 0.25) is 0 Å². The highest BCUT2D eigenvalue weighted by Crippen LogP contribution is 2.38. The van der Waals surface area contributed by atoms with Gasteiger partial charge in [0.1, 0.15) is 23.2 Å². The van der Waals surface area contributed by atoms with Gasteiger partial charge in [0.05, 0.1) is 17.8 Å². The molecule has 2 heterocycles.